The third-order valence-electron chi connectivity index (χ3n) is 6.14. The molecule has 0 aliphatic heterocycles. The number of H-pyrrole nitrogens is 1. The highest BCUT2D eigenvalue weighted by molar-refractivity contribution is 5.91. The minimum absolute atomic E-state index is 0.0673. The van der Waals surface area contributed by atoms with Crippen LogP contribution in [0.15, 0.2) is 47.3 Å². The van der Waals surface area contributed by atoms with Crippen molar-refractivity contribution in [2.45, 2.75) is 44.8 Å². The van der Waals surface area contributed by atoms with Crippen LogP contribution >= 0.6 is 0 Å². The number of anilines is 1. The van der Waals surface area contributed by atoms with Crippen molar-refractivity contribution >= 4 is 16.6 Å². The topological polar surface area (TPSA) is 54.1 Å². The van der Waals surface area contributed by atoms with Gasteiger partial charge in [-0.25, -0.2) is 0 Å². The second-order valence-electron chi connectivity index (χ2n) is 8.88. The van der Waals surface area contributed by atoms with E-state index < -0.39 is 23.6 Å². The zero-order valence-corrected chi connectivity index (χ0v) is 17.9. The van der Waals surface area contributed by atoms with E-state index in [1.807, 2.05) is 32.9 Å². The van der Waals surface area contributed by atoms with Gasteiger partial charge < -0.3 is 15.0 Å². The Kier molecular flexibility index (Phi) is 5.03. The monoisotopic (exact) mass is 430 g/mol. The van der Waals surface area contributed by atoms with Crippen LogP contribution in [0.1, 0.15) is 43.0 Å². The fourth-order valence-electron chi connectivity index (χ4n) is 4.86. The van der Waals surface area contributed by atoms with Crippen molar-refractivity contribution in [2.24, 2.45) is 5.92 Å². The highest BCUT2D eigenvalue weighted by atomic mass is 19.4. The Labute approximate surface area is 178 Å². The maximum atomic E-state index is 14.3. The fraction of sp³-hybridized carbons (Fsp3) is 0.375. The Morgan fingerprint density at radius 1 is 1.16 bits per heavy atom. The molecule has 7 heteroatoms. The predicted octanol–water partition coefficient (Wildman–Crippen LogP) is 5.86. The molecule has 1 heterocycles. The molecule has 0 bridgehead atoms. The average Bonchev–Trinajstić information content (AvgIpc) is 2.68. The zero-order valence-electron chi connectivity index (χ0n) is 17.9. The first-order valence-electron chi connectivity index (χ1n) is 10.2. The SMILES string of the molecule is COc1cc(C)cc2c1C(C)(C)CC(C(F)(F)F)C2Nc1cccc2[nH]c(=O)ccc12. The van der Waals surface area contributed by atoms with Crippen LogP contribution in [0.3, 0.4) is 0 Å². The Bertz CT molecular complexity index is 1200. The van der Waals surface area contributed by atoms with Gasteiger partial charge in [-0.05, 0) is 54.2 Å². The van der Waals surface area contributed by atoms with Gasteiger partial charge in [-0.1, -0.05) is 26.0 Å². The average molecular weight is 430 g/mol. The number of ether oxygens (including phenoxy) is 1. The minimum atomic E-state index is -4.39. The third kappa shape index (κ3) is 3.77. The van der Waals surface area contributed by atoms with E-state index in [2.05, 4.69) is 10.3 Å². The van der Waals surface area contributed by atoms with Gasteiger partial charge in [0, 0.05) is 22.7 Å². The smallest absolute Gasteiger partial charge is 0.394 e. The number of hydrogen-bond acceptors (Lipinski definition) is 3. The summed E-state index contributed by atoms with van der Waals surface area (Å²) >= 11 is 0. The van der Waals surface area contributed by atoms with Crippen molar-refractivity contribution < 1.29 is 17.9 Å². The number of aryl methyl sites for hydroxylation is 1. The summed E-state index contributed by atoms with van der Waals surface area (Å²) in [6.45, 7) is 5.52. The van der Waals surface area contributed by atoms with Crippen LogP contribution in [-0.2, 0) is 5.41 Å². The molecule has 2 atom stereocenters. The molecule has 0 saturated heterocycles. The Balaban J connectivity index is 1.93. The van der Waals surface area contributed by atoms with Crippen molar-refractivity contribution in [3.63, 3.8) is 0 Å². The number of aromatic nitrogens is 1. The number of methoxy groups -OCH3 is 1. The molecule has 0 fully saturated rings. The van der Waals surface area contributed by atoms with Crippen LogP contribution < -0.4 is 15.6 Å². The van der Waals surface area contributed by atoms with Gasteiger partial charge in [0.1, 0.15) is 5.75 Å². The highest BCUT2D eigenvalue weighted by Crippen LogP contribution is 2.54. The molecular formula is C24H25F3N2O2. The van der Waals surface area contributed by atoms with Crippen LogP contribution in [-0.4, -0.2) is 18.3 Å². The summed E-state index contributed by atoms with van der Waals surface area (Å²) in [6, 6.07) is 10.9. The minimum Gasteiger partial charge on any atom is -0.496 e. The van der Waals surface area contributed by atoms with E-state index in [4.69, 9.17) is 4.74 Å². The van der Waals surface area contributed by atoms with Gasteiger partial charge in [-0.3, -0.25) is 4.79 Å². The predicted molar refractivity (Wildman–Crippen MR) is 116 cm³/mol. The molecule has 1 aliphatic rings. The molecule has 164 valence electrons. The van der Waals surface area contributed by atoms with E-state index >= 15 is 0 Å². The molecule has 2 aromatic carbocycles. The number of halogens is 3. The van der Waals surface area contributed by atoms with E-state index in [0.717, 1.165) is 11.1 Å². The molecule has 4 nitrogen and oxygen atoms in total. The molecule has 2 N–H and O–H groups in total. The van der Waals surface area contributed by atoms with Crippen LogP contribution in [0.2, 0.25) is 0 Å². The quantitative estimate of drug-likeness (QED) is 0.547. The first-order chi connectivity index (χ1) is 14.5. The standard InChI is InChI=1S/C24H25F3N2O2/c1-13-10-15-21(19(11-13)31-4)23(2,3)12-16(24(25,26)27)22(15)29-18-7-5-6-17-14(18)8-9-20(30)28-17/h5-11,16,22,29H,12H2,1-4H3,(H,28,30). The Morgan fingerprint density at radius 3 is 2.58 bits per heavy atom. The van der Waals surface area contributed by atoms with E-state index in [0.29, 0.717) is 27.9 Å². The largest absolute Gasteiger partial charge is 0.496 e. The summed E-state index contributed by atoms with van der Waals surface area (Å²) in [6.07, 6.45) is -4.45. The van der Waals surface area contributed by atoms with Crippen molar-refractivity contribution in [2.75, 3.05) is 12.4 Å². The second kappa shape index (κ2) is 7.32. The van der Waals surface area contributed by atoms with Gasteiger partial charge in [0.2, 0.25) is 5.56 Å². The molecule has 3 aromatic rings. The molecule has 4 rings (SSSR count). The maximum absolute atomic E-state index is 14.3. The summed E-state index contributed by atoms with van der Waals surface area (Å²) < 4.78 is 48.4. The summed E-state index contributed by atoms with van der Waals surface area (Å²) in [5.41, 5.74) is 2.37. The first-order valence-corrected chi connectivity index (χ1v) is 10.2. The summed E-state index contributed by atoms with van der Waals surface area (Å²) in [5.74, 6) is -0.978. The number of hydrogen-bond donors (Lipinski definition) is 2. The van der Waals surface area contributed by atoms with Crippen molar-refractivity contribution in [1.29, 1.82) is 0 Å². The molecule has 0 spiro atoms. The zero-order chi connectivity index (χ0) is 22.6. The van der Waals surface area contributed by atoms with Gasteiger partial charge in [0.15, 0.2) is 0 Å². The maximum Gasteiger partial charge on any atom is 0.394 e. The van der Waals surface area contributed by atoms with Crippen LogP contribution in [0.5, 0.6) is 5.75 Å². The van der Waals surface area contributed by atoms with Crippen LogP contribution in [0.25, 0.3) is 10.9 Å². The normalized spacial score (nSPS) is 20.4. The van der Waals surface area contributed by atoms with Crippen molar-refractivity contribution in [1.82, 2.24) is 4.98 Å². The molecule has 0 amide bonds. The number of rotatable bonds is 3. The van der Waals surface area contributed by atoms with Crippen LogP contribution in [0, 0.1) is 12.8 Å². The summed E-state index contributed by atoms with van der Waals surface area (Å²) in [5, 5.41) is 3.84. The second-order valence-corrected chi connectivity index (χ2v) is 8.88. The van der Waals surface area contributed by atoms with Gasteiger partial charge in [-0.15, -0.1) is 0 Å². The number of pyridine rings is 1. The lowest BCUT2D eigenvalue weighted by atomic mass is 9.65. The molecule has 0 saturated carbocycles. The summed E-state index contributed by atoms with van der Waals surface area (Å²) in [4.78, 5) is 14.4. The van der Waals surface area contributed by atoms with Gasteiger partial charge in [-0.2, -0.15) is 13.2 Å². The number of alkyl halides is 3. The third-order valence-corrected chi connectivity index (χ3v) is 6.14. The number of nitrogens with one attached hydrogen (secondary N) is 2. The van der Waals surface area contributed by atoms with E-state index in [9.17, 15) is 18.0 Å². The number of aromatic amines is 1. The molecule has 31 heavy (non-hydrogen) atoms. The van der Waals surface area contributed by atoms with Crippen molar-refractivity contribution in [3.8, 4) is 5.75 Å². The van der Waals surface area contributed by atoms with Gasteiger partial charge in [0.05, 0.1) is 24.6 Å². The Hall–Kier alpha value is -2.96. The highest BCUT2D eigenvalue weighted by Gasteiger charge is 2.52. The summed E-state index contributed by atoms with van der Waals surface area (Å²) in [7, 11) is 1.55. The molecule has 1 aliphatic carbocycles. The van der Waals surface area contributed by atoms with E-state index in [1.54, 1.807) is 31.4 Å². The molecule has 0 radical (unpaired) electrons. The van der Waals surface area contributed by atoms with E-state index in [-0.39, 0.29) is 12.0 Å². The number of benzene rings is 2. The lowest BCUT2D eigenvalue weighted by Gasteiger charge is -2.44. The Morgan fingerprint density at radius 2 is 1.90 bits per heavy atom. The van der Waals surface area contributed by atoms with E-state index in [1.165, 1.54) is 6.07 Å². The fourth-order valence-corrected chi connectivity index (χ4v) is 4.86. The molecule has 1 aromatic heterocycles. The van der Waals surface area contributed by atoms with Gasteiger partial charge in [0.25, 0.3) is 0 Å². The number of fused-ring (bicyclic) bond motifs is 2. The first kappa shape index (κ1) is 21.3. The lowest BCUT2D eigenvalue weighted by molar-refractivity contribution is -0.186. The molecular weight excluding hydrogens is 405 g/mol. The molecule has 2 unspecified atom stereocenters. The lowest BCUT2D eigenvalue weighted by Crippen LogP contribution is -2.43. The van der Waals surface area contributed by atoms with Crippen molar-refractivity contribution in [3.05, 3.63) is 69.5 Å². The van der Waals surface area contributed by atoms with Gasteiger partial charge >= 0.3 is 6.18 Å². The van der Waals surface area contributed by atoms with Crippen LogP contribution in [0.4, 0.5) is 18.9 Å².